The maximum absolute atomic E-state index is 11.5. The highest BCUT2D eigenvalue weighted by atomic mass is 32.1. The van der Waals surface area contributed by atoms with Crippen molar-refractivity contribution in [2.24, 2.45) is 0 Å². The van der Waals surface area contributed by atoms with E-state index < -0.39 is 0 Å². The fourth-order valence-corrected chi connectivity index (χ4v) is 4.97. The zero-order valence-corrected chi connectivity index (χ0v) is 17.8. The molecule has 152 valence electrons. The van der Waals surface area contributed by atoms with Crippen LogP contribution in [-0.2, 0) is 11.3 Å². The Morgan fingerprint density at radius 3 is 2.53 bits per heavy atom. The minimum absolute atomic E-state index is 0.166. The van der Waals surface area contributed by atoms with Gasteiger partial charge in [-0.15, -0.1) is 11.3 Å². The van der Waals surface area contributed by atoms with Gasteiger partial charge in [0.15, 0.2) is 0 Å². The summed E-state index contributed by atoms with van der Waals surface area (Å²) < 4.78 is 0. The first-order valence-corrected chi connectivity index (χ1v) is 11.2. The SMILES string of the molecule is CC(=O)N1CCN(Cc2nc(-c3c(-c4ccccc4)[nH]c4ccccc34)cs2)CC1. The highest BCUT2D eigenvalue weighted by molar-refractivity contribution is 7.10. The van der Waals surface area contributed by atoms with Gasteiger partial charge in [0.25, 0.3) is 0 Å². The molecule has 0 radical (unpaired) electrons. The number of carbonyl (C=O) groups excluding carboxylic acids is 1. The van der Waals surface area contributed by atoms with E-state index in [1.807, 2.05) is 11.0 Å². The molecule has 0 spiro atoms. The average molecular weight is 417 g/mol. The summed E-state index contributed by atoms with van der Waals surface area (Å²) in [4.78, 5) is 24.5. The molecule has 4 aromatic rings. The predicted molar refractivity (Wildman–Crippen MR) is 122 cm³/mol. The van der Waals surface area contributed by atoms with Crippen LogP contribution in [0, 0.1) is 0 Å². The van der Waals surface area contributed by atoms with Crippen molar-refractivity contribution >= 4 is 28.1 Å². The standard InChI is InChI=1S/C24H24N4OS/c1-17(29)28-13-11-27(12-14-28)15-22-25-21(16-30-22)23-19-9-5-6-10-20(19)26-24(23)18-7-3-2-4-8-18/h2-10,16,26H,11-15H2,1H3. The molecular formula is C24H24N4OS. The molecule has 0 bridgehead atoms. The van der Waals surface area contributed by atoms with Crippen LogP contribution in [0.5, 0.6) is 0 Å². The molecule has 5 nitrogen and oxygen atoms in total. The molecule has 1 aliphatic rings. The van der Waals surface area contributed by atoms with Crippen LogP contribution in [0.15, 0.2) is 60.0 Å². The van der Waals surface area contributed by atoms with E-state index in [4.69, 9.17) is 4.98 Å². The van der Waals surface area contributed by atoms with E-state index in [1.54, 1.807) is 18.3 Å². The van der Waals surface area contributed by atoms with Crippen molar-refractivity contribution < 1.29 is 4.79 Å². The van der Waals surface area contributed by atoms with Gasteiger partial charge < -0.3 is 9.88 Å². The van der Waals surface area contributed by atoms with Crippen LogP contribution < -0.4 is 0 Å². The van der Waals surface area contributed by atoms with Gasteiger partial charge in [0.05, 0.1) is 17.9 Å². The zero-order valence-electron chi connectivity index (χ0n) is 17.0. The number of rotatable bonds is 4. The molecule has 1 saturated heterocycles. The van der Waals surface area contributed by atoms with Gasteiger partial charge in [-0.1, -0.05) is 48.5 Å². The second kappa shape index (κ2) is 8.05. The van der Waals surface area contributed by atoms with Gasteiger partial charge in [-0.2, -0.15) is 0 Å². The van der Waals surface area contributed by atoms with Gasteiger partial charge in [-0.3, -0.25) is 9.69 Å². The third-order valence-electron chi connectivity index (χ3n) is 5.75. The topological polar surface area (TPSA) is 52.2 Å². The van der Waals surface area contributed by atoms with E-state index >= 15 is 0 Å². The molecular weight excluding hydrogens is 392 g/mol. The number of fused-ring (bicyclic) bond motifs is 1. The normalized spacial score (nSPS) is 15.0. The molecule has 30 heavy (non-hydrogen) atoms. The molecule has 3 heterocycles. The Kier molecular flexibility index (Phi) is 5.11. The lowest BCUT2D eigenvalue weighted by molar-refractivity contribution is -0.130. The van der Waals surface area contributed by atoms with Gasteiger partial charge in [0, 0.05) is 54.9 Å². The summed E-state index contributed by atoms with van der Waals surface area (Å²) in [6, 6.07) is 18.9. The summed E-state index contributed by atoms with van der Waals surface area (Å²) >= 11 is 1.71. The monoisotopic (exact) mass is 416 g/mol. The number of benzene rings is 2. The fourth-order valence-electron chi connectivity index (χ4n) is 4.14. The maximum Gasteiger partial charge on any atom is 0.219 e. The lowest BCUT2D eigenvalue weighted by Gasteiger charge is -2.33. The van der Waals surface area contributed by atoms with Gasteiger partial charge in [0.2, 0.25) is 5.91 Å². The number of aromatic amines is 1. The Balaban J connectivity index is 1.44. The summed E-state index contributed by atoms with van der Waals surface area (Å²) in [7, 11) is 0. The van der Waals surface area contributed by atoms with Crippen LogP contribution in [0.2, 0.25) is 0 Å². The largest absolute Gasteiger partial charge is 0.354 e. The summed E-state index contributed by atoms with van der Waals surface area (Å²) in [5, 5.41) is 4.48. The molecule has 0 unspecified atom stereocenters. The number of para-hydroxylation sites is 1. The molecule has 1 aliphatic heterocycles. The fraction of sp³-hybridized carbons (Fsp3) is 0.250. The van der Waals surface area contributed by atoms with Crippen LogP contribution >= 0.6 is 11.3 Å². The van der Waals surface area contributed by atoms with Crippen molar-refractivity contribution in [1.82, 2.24) is 19.8 Å². The van der Waals surface area contributed by atoms with Crippen molar-refractivity contribution in [2.45, 2.75) is 13.5 Å². The summed E-state index contributed by atoms with van der Waals surface area (Å²) in [5.74, 6) is 0.166. The summed E-state index contributed by atoms with van der Waals surface area (Å²) in [6.45, 7) is 5.88. The van der Waals surface area contributed by atoms with Crippen molar-refractivity contribution in [3.05, 3.63) is 65.0 Å². The van der Waals surface area contributed by atoms with Crippen molar-refractivity contribution in [2.75, 3.05) is 26.2 Å². The van der Waals surface area contributed by atoms with Crippen LogP contribution in [0.3, 0.4) is 0 Å². The first-order valence-electron chi connectivity index (χ1n) is 10.3. The summed E-state index contributed by atoms with van der Waals surface area (Å²) in [6.07, 6.45) is 0. The highest BCUT2D eigenvalue weighted by Gasteiger charge is 2.21. The Morgan fingerprint density at radius 2 is 1.77 bits per heavy atom. The van der Waals surface area contributed by atoms with Gasteiger partial charge in [0.1, 0.15) is 5.01 Å². The molecule has 1 N–H and O–H groups in total. The number of aromatic nitrogens is 2. The second-order valence-electron chi connectivity index (χ2n) is 7.70. The molecule has 2 aromatic carbocycles. The molecule has 0 aliphatic carbocycles. The number of H-pyrrole nitrogens is 1. The quantitative estimate of drug-likeness (QED) is 0.528. The number of piperazine rings is 1. The Morgan fingerprint density at radius 1 is 1.03 bits per heavy atom. The molecule has 1 amide bonds. The minimum Gasteiger partial charge on any atom is -0.354 e. The second-order valence-corrected chi connectivity index (χ2v) is 8.64. The molecule has 6 heteroatoms. The van der Waals surface area contributed by atoms with E-state index in [2.05, 4.69) is 63.8 Å². The van der Waals surface area contributed by atoms with Crippen molar-refractivity contribution in [1.29, 1.82) is 0 Å². The Hall–Kier alpha value is -2.96. The average Bonchev–Trinajstić information content (AvgIpc) is 3.39. The third kappa shape index (κ3) is 3.64. The van der Waals surface area contributed by atoms with Crippen LogP contribution in [-0.4, -0.2) is 51.9 Å². The van der Waals surface area contributed by atoms with E-state index in [9.17, 15) is 4.79 Å². The first-order chi connectivity index (χ1) is 14.7. The summed E-state index contributed by atoms with van der Waals surface area (Å²) in [5.41, 5.74) is 5.60. The third-order valence-corrected chi connectivity index (χ3v) is 6.59. The molecule has 0 saturated carbocycles. The van der Waals surface area contributed by atoms with Crippen LogP contribution in [0.1, 0.15) is 11.9 Å². The highest BCUT2D eigenvalue weighted by Crippen LogP contribution is 2.38. The van der Waals surface area contributed by atoms with Gasteiger partial charge in [-0.25, -0.2) is 4.98 Å². The van der Waals surface area contributed by atoms with Crippen molar-refractivity contribution in [3.63, 3.8) is 0 Å². The lowest BCUT2D eigenvalue weighted by Crippen LogP contribution is -2.47. The van der Waals surface area contributed by atoms with E-state index in [-0.39, 0.29) is 5.91 Å². The smallest absolute Gasteiger partial charge is 0.219 e. The van der Waals surface area contributed by atoms with Gasteiger partial charge in [-0.05, 0) is 11.6 Å². The Bertz CT molecular complexity index is 1170. The maximum atomic E-state index is 11.5. The molecule has 1 fully saturated rings. The lowest BCUT2D eigenvalue weighted by atomic mass is 10.0. The number of amides is 1. The van der Waals surface area contributed by atoms with E-state index in [0.29, 0.717) is 0 Å². The van der Waals surface area contributed by atoms with Gasteiger partial charge >= 0.3 is 0 Å². The molecule has 2 aromatic heterocycles. The zero-order chi connectivity index (χ0) is 20.5. The van der Waals surface area contributed by atoms with E-state index in [0.717, 1.165) is 54.6 Å². The minimum atomic E-state index is 0.166. The number of hydrogen-bond acceptors (Lipinski definition) is 4. The number of carbonyl (C=O) groups is 1. The Labute approximate surface area is 180 Å². The number of hydrogen-bond donors (Lipinski definition) is 1. The van der Waals surface area contributed by atoms with Crippen LogP contribution in [0.25, 0.3) is 33.4 Å². The first kappa shape index (κ1) is 19.0. The predicted octanol–water partition coefficient (Wildman–Crippen LogP) is 4.62. The molecule has 0 atom stereocenters. The van der Waals surface area contributed by atoms with E-state index in [1.165, 1.54) is 16.5 Å². The molecule has 5 rings (SSSR count). The van der Waals surface area contributed by atoms with Crippen molar-refractivity contribution in [3.8, 4) is 22.5 Å². The number of thiazole rings is 1. The number of nitrogens with one attached hydrogen (secondary N) is 1. The van der Waals surface area contributed by atoms with Crippen LogP contribution in [0.4, 0.5) is 0 Å². The number of nitrogens with zero attached hydrogens (tertiary/aromatic N) is 3.